The van der Waals surface area contributed by atoms with Gasteiger partial charge in [-0.05, 0) is 39.4 Å². The number of nitrogens with two attached hydrogens (primary N) is 1. The maximum absolute atomic E-state index is 8.31. The van der Waals surface area contributed by atoms with E-state index < -0.39 is 0 Å². The second-order valence-electron chi connectivity index (χ2n) is 3.71. The van der Waals surface area contributed by atoms with Crippen LogP contribution in [0.25, 0.3) is 0 Å². The number of amidine groups is 1. The minimum Gasteiger partial charge on any atom is -0.409 e. The van der Waals surface area contributed by atoms with E-state index in [1.807, 2.05) is 0 Å². The molecule has 0 rings (SSSR count). The number of unbranched alkanes of at least 4 members (excludes halogenated alkanes) is 2. The lowest BCUT2D eigenvalue weighted by atomic mass is 10.2. The standard InChI is InChI=1S/C10H23N3O/c1-3-4-8-13(2)9-6-5-7-10(11)12-14/h14H,3-9H2,1-2H3,(H2,11,12). The van der Waals surface area contributed by atoms with Crippen molar-refractivity contribution in [2.75, 3.05) is 20.1 Å². The first kappa shape index (κ1) is 13.2. The van der Waals surface area contributed by atoms with Gasteiger partial charge in [0.05, 0.1) is 0 Å². The zero-order valence-corrected chi connectivity index (χ0v) is 9.37. The average Bonchev–Trinajstić information content (AvgIpc) is 2.21. The van der Waals surface area contributed by atoms with Crippen molar-refractivity contribution in [1.29, 1.82) is 0 Å². The molecule has 4 nitrogen and oxygen atoms in total. The number of hydrogen-bond acceptors (Lipinski definition) is 3. The van der Waals surface area contributed by atoms with Gasteiger partial charge in [-0.15, -0.1) is 0 Å². The Morgan fingerprint density at radius 1 is 1.29 bits per heavy atom. The summed E-state index contributed by atoms with van der Waals surface area (Å²) in [5, 5.41) is 11.2. The highest BCUT2D eigenvalue weighted by Crippen LogP contribution is 1.99. The first-order valence-electron chi connectivity index (χ1n) is 5.35. The molecule has 84 valence electrons. The van der Waals surface area contributed by atoms with E-state index in [0.717, 1.165) is 19.4 Å². The van der Waals surface area contributed by atoms with E-state index in [2.05, 4.69) is 24.0 Å². The molecule has 0 saturated heterocycles. The lowest BCUT2D eigenvalue weighted by Crippen LogP contribution is -2.21. The van der Waals surface area contributed by atoms with Crippen LogP contribution in [0.3, 0.4) is 0 Å². The SMILES string of the molecule is CCCCN(C)CCCCC(N)=NO. The van der Waals surface area contributed by atoms with Crippen molar-refractivity contribution in [1.82, 2.24) is 4.90 Å². The molecule has 0 spiro atoms. The van der Waals surface area contributed by atoms with Gasteiger partial charge in [0.15, 0.2) is 0 Å². The molecule has 0 aliphatic heterocycles. The van der Waals surface area contributed by atoms with E-state index in [1.165, 1.54) is 19.4 Å². The fourth-order valence-electron chi connectivity index (χ4n) is 1.28. The first-order valence-corrected chi connectivity index (χ1v) is 5.35. The number of hydrogen-bond donors (Lipinski definition) is 2. The van der Waals surface area contributed by atoms with Gasteiger partial charge < -0.3 is 15.8 Å². The largest absolute Gasteiger partial charge is 0.409 e. The first-order chi connectivity index (χ1) is 6.70. The molecule has 0 heterocycles. The molecule has 0 bridgehead atoms. The number of nitrogens with zero attached hydrogens (tertiary/aromatic N) is 2. The molecule has 0 aromatic carbocycles. The monoisotopic (exact) mass is 201 g/mol. The van der Waals surface area contributed by atoms with Crippen LogP contribution in [0.15, 0.2) is 5.16 Å². The molecule has 4 heteroatoms. The van der Waals surface area contributed by atoms with Crippen molar-refractivity contribution >= 4 is 5.84 Å². The lowest BCUT2D eigenvalue weighted by Gasteiger charge is -2.15. The zero-order valence-electron chi connectivity index (χ0n) is 9.37. The summed E-state index contributed by atoms with van der Waals surface area (Å²) in [4.78, 5) is 2.33. The summed E-state index contributed by atoms with van der Waals surface area (Å²) in [5.41, 5.74) is 5.36. The Hall–Kier alpha value is -0.770. The molecule has 0 atom stereocenters. The second-order valence-corrected chi connectivity index (χ2v) is 3.71. The summed E-state index contributed by atoms with van der Waals surface area (Å²) in [6, 6.07) is 0. The van der Waals surface area contributed by atoms with Crippen molar-refractivity contribution in [2.24, 2.45) is 10.9 Å². The van der Waals surface area contributed by atoms with Crippen LogP contribution in [0.4, 0.5) is 0 Å². The Kier molecular flexibility index (Phi) is 8.33. The van der Waals surface area contributed by atoms with Crippen molar-refractivity contribution in [2.45, 2.75) is 39.0 Å². The molecule has 0 aromatic rings. The molecule has 14 heavy (non-hydrogen) atoms. The molecule has 0 aliphatic rings. The van der Waals surface area contributed by atoms with Crippen LogP contribution >= 0.6 is 0 Å². The van der Waals surface area contributed by atoms with Crippen molar-refractivity contribution in [3.8, 4) is 0 Å². The minimum atomic E-state index is 0.334. The lowest BCUT2D eigenvalue weighted by molar-refractivity contribution is 0.313. The van der Waals surface area contributed by atoms with Crippen LogP contribution in [-0.4, -0.2) is 36.1 Å². The van der Waals surface area contributed by atoms with E-state index in [1.54, 1.807) is 0 Å². The van der Waals surface area contributed by atoms with Crippen LogP contribution in [0, 0.1) is 0 Å². The molecule has 0 fully saturated rings. The van der Waals surface area contributed by atoms with Gasteiger partial charge in [-0.2, -0.15) is 0 Å². The second kappa shape index (κ2) is 8.81. The molecule has 0 amide bonds. The van der Waals surface area contributed by atoms with Gasteiger partial charge in [-0.1, -0.05) is 18.5 Å². The topological polar surface area (TPSA) is 61.8 Å². The highest BCUT2D eigenvalue weighted by molar-refractivity contribution is 5.79. The smallest absolute Gasteiger partial charge is 0.139 e. The van der Waals surface area contributed by atoms with Crippen LogP contribution in [-0.2, 0) is 0 Å². The van der Waals surface area contributed by atoms with E-state index in [0.29, 0.717) is 12.3 Å². The summed E-state index contributed by atoms with van der Waals surface area (Å²) in [6.07, 6.45) is 5.30. The highest BCUT2D eigenvalue weighted by atomic mass is 16.4. The number of oxime groups is 1. The van der Waals surface area contributed by atoms with Crippen LogP contribution in [0.1, 0.15) is 39.0 Å². The van der Waals surface area contributed by atoms with Crippen LogP contribution < -0.4 is 5.73 Å². The Morgan fingerprint density at radius 2 is 1.93 bits per heavy atom. The van der Waals surface area contributed by atoms with Crippen LogP contribution in [0.2, 0.25) is 0 Å². The van der Waals surface area contributed by atoms with Crippen LogP contribution in [0.5, 0.6) is 0 Å². The normalized spacial score (nSPS) is 12.4. The Balaban J connectivity index is 3.27. The molecular formula is C10H23N3O. The fourth-order valence-corrected chi connectivity index (χ4v) is 1.28. The molecular weight excluding hydrogens is 178 g/mol. The quantitative estimate of drug-likeness (QED) is 0.206. The van der Waals surface area contributed by atoms with E-state index in [4.69, 9.17) is 10.9 Å². The summed E-state index contributed by atoms with van der Waals surface area (Å²) < 4.78 is 0. The Bertz CT molecular complexity index is 159. The molecule has 0 saturated carbocycles. The van der Waals surface area contributed by atoms with Crippen molar-refractivity contribution in [3.05, 3.63) is 0 Å². The summed E-state index contributed by atoms with van der Waals surface area (Å²) in [6.45, 7) is 4.46. The third kappa shape index (κ3) is 7.86. The summed E-state index contributed by atoms with van der Waals surface area (Å²) in [7, 11) is 2.14. The van der Waals surface area contributed by atoms with Gasteiger partial charge in [-0.3, -0.25) is 0 Å². The molecule has 0 radical (unpaired) electrons. The van der Waals surface area contributed by atoms with Gasteiger partial charge in [-0.25, -0.2) is 0 Å². The molecule has 3 N–H and O–H groups in total. The average molecular weight is 201 g/mol. The van der Waals surface area contributed by atoms with E-state index in [-0.39, 0.29) is 0 Å². The third-order valence-electron chi connectivity index (χ3n) is 2.24. The summed E-state index contributed by atoms with van der Waals surface area (Å²) >= 11 is 0. The minimum absolute atomic E-state index is 0.334. The molecule has 0 aliphatic carbocycles. The maximum atomic E-state index is 8.31. The van der Waals surface area contributed by atoms with Gasteiger partial charge in [0.1, 0.15) is 5.84 Å². The Labute approximate surface area is 86.8 Å². The van der Waals surface area contributed by atoms with Gasteiger partial charge >= 0.3 is 0 Å². The van der Waals surface area contributed by atoms with Gasteiger partial charge in [0.25, 0.3) is 0 Å². The summed E-state index contributed by atoms with van der Waals surface area (Å²) in [5.74, 6) is 0.334. The van der Waals surface area contributed by atoms with E-state index in [9.17, 15) is 0 Å². The predicted molar refractivity (Wildman–Crippen MR) is 59.7 cm³/mol. The van der Waals surface area contributed by atoms with E-state index >= 15 is 0 Å². The third-order valence-corrected chi connectivity index (χ3v) is 2.24. The molecule has 0 unspecified atom stereocenters. The molecule has 0 aromatic heterocycles. The predicted octanol–water partition coefficient (Wildman–Crippen LogP) is 1.63. The Morgan fingerprint density at radius 3 is 2.50 bits per heavy atom. The zero-order chi connectivity index (χ0) is 10.8. The highest BCUT2D eigenvalue weighted by Gasteiger charge is 1.98. The van der Waals surface area contributed by atoms with Crippen molar-refractivity contribution in [3.63, 3.8) is 0 Å². The fraction of sp³-hybridized carbons (Fsp3) is 0.900. The maximum Gasteiger partial charge on any atom is 0.139 e. The number of rotatable bonds is 8. The van der Waals surface area contributed by atoms with Gasteiger partial charge in [0, 0.05) is 6.42 Å². The van der Waals surface area contributed by atoms with Crippen molar-refractivity contribution < 1.29 is 5.21 Å². The van der Waals surface area contributed by atoms with Gasteiger partial charge in [0.2, 0.25) is 0 Å².